The molecule has 0 saturated heterocycles. The lowest BCUT2D eigenvalue weighted by Gasteiger charge is -2.35. The second kappa shape index (κ2) is 13.1. The zero-order valence-corrected chi connectivity index (χ0v) is 25.6. The van der Waals surface area contributed by atoms with Crippen molar-refractivity contribution in [2.75, 3.05) is 18.4 Å². The molecule has 230 valence electrons. The number of hydrogen-bond acceptors (Lipinski definition) is 4. The van der Waals surface area contributed by atoms with Gasteiger partial charge < -0.3 is 10.2 Å². The SMILES string of the molecule is CCCN(CCC)C(=O)c1ccc2c(c1)C(=O)N([C@@H](Cc1ccccc1)C1(C[C@@H](C)C(=O)Nc3ccc(F)cc3)CC1)C2=O. The van der Waals surface area contributed by atoms with E-state index in [0.717, 1.165) is 31.2 Å². The van der Waals surface area contributed by atoms with Crippen LogP contribution in [-0.4, -0.2) is 52.6 Å². The van der Waals surface area contributed by atoms with Gasteiger partial charge in [0.15, 0.2) is 0 Å². The molecule has 0 radical (unpaired) electrons. The van der Waals surface area contributed by atoms with Gasteiger partial charge in [-0.15, -0.1) is 0 Å². The number of nitrogens with one attached hydrogen (secondary N) is 1. The molecule has 0 aromatic heterocycles. The number of rotatable bonds is 13. The molecule has 44 heavy (non-hydrogen) atoms. The van der Waals surface area contributed by atoms with E-state index in [0.29, 0.717) is 42.7 Å². The van der Waals surface area contributed by atoms with Crippen LogP contribution < -0.4 is 5.32 Å². The van der Waals surface area contributed by atoms with E-state index in [1.807, 2.05) is 51.1 Å². The second-order valence-electron chi connectivity index (χ2n) is 12.2. The topological polar surface area (TPSA) is 86.8 Å². The molecule has 0 unspecified atom stereocenters. The predicted molar refractivity (Wildman–Crippen MR) is 168 cm³/mol. The molecule has 8 heteroatoms. The third-order valence-corrected chi connectivity index (χ3v) is 8.89. The van der Waals surface area contributed by atoms with Gasteiger partial charge in [-0.2, -0.15) is 0 Å². The predicted octanol–water partition coefficient (Wildman–Crippen LogP) is 6.74. The molecule has 1 N–H and O–H groups in total. The summed E-state index contributed by atoms with van der Waals surface area (Å²) in [5, 5.41) is 2.86. The van der Waals surface area contributed by atoms with Crippen molar-refractivity contribution in [1.29, 1.82) is 0 Å². The summed E-state index contributed by atoms with van der Waals surface area (Å²) < 4.78 is 13.4. The van der Waals surface area contributed by atoms with Crippen LogP contribution >= 0.6 is 0 Å². The van der Waals surface area contributed by atoms with Gasteiger partial charge in [-0.25, -0.2) is 4.39 Å². The summed E-state index contributed by atoms with van der Waals surface area (Å²) >= 11 is 0. The molecule has 3 aromatic rings. The molecule has 7 nitrogen and oxygen atoms in total. The van der Waals surface area contributed by atoms with Gasteiger partial charge in [0, 0.05) is 30.3 Å². The first-order valence-corrected chi connectivity index (χ1v) is 15.6. The van der Waals surface area contributed by atoms with Crippen LogP contribution in [-0.2, 0) is 11.2 Å². The van der Waals surface area contributed by atoms with Crippen LogP contribution in [0.15, 0.2) is 72.8 Å². The number of hydrogen-bond donors (Lipinski definition) is 1. The van der Waals surface area contributed by atoms with E-state index in [4.69, 9.17) is 0 Å². The van der Waals surface area contributed by atoms with Crippen molar-refractivity contribution in [3.8, 4) is 0 Å². The maximum atomic E-state index is 14.1. The van der Waals surface area contributed by atoms with E-state index in [1.165, 1.54) is 29.2 Å². The van der Waals surface area contributed by atoms with Crippen molar-refractivity contribution in [1.82, 2.24) is 9.80 Å². The van der Waals surface area contributed by atoms with E-state index < -0.39 is 23.3 Å². The van der Waals surface area contributed by atoms with Gasteiger partial charge in [0.05, 0.1) is 17.2 Å². The molecule has 1 fully saturated rings. The van der Waals surface area contributed by atoms with Crippen LogP contribution in [0, 0.1) is 17.2 Å². The molecule has 5 rings (SSSR count). The molecule has 1 saturated carbocycles. The Balaban J connectivity index is 1.42. The summed E-state index contributed by atoms with van der Waals surface area (Å²) in [6, 6.07) is 19.8. The maximum Gasteiger partial charge on any atom is 0.261 e. The highest BCUT2D eigenvalue weighted by molar-refractivity contribution is 6.22. The van der Waals surface area contributed by atoms with E-state index in [1.54, 1.807) is 23.1 Å². The van der Waals surface area contributed by atoms with E-state index in [9.17, 15) is 23.6 Å². The summed E-state index contributed by atoms with van der Waals surface area (Å²) in [6.45, 7) is 7.13. The fraction of sp³-hybridized carbons (Fsp3) is 0.389. The zero-order valence-electron chi connectivity index (χ0n) is 25.6. The number of benzene rings is 3. The minimum Gasteiger partial charge on any atom is -0.339 e. The fourth-order valence-electron chi connectivity index (χ4n) is 6.47. The number of imide groups is 1. The smallest absolute Gasteiger partial charge is 0.261 e. The van der Waals surface area contributed by atoms with E-state index in [-0.39, 0.29) is 29.1 Å². The molecule has 1 aliphatic heterocycles. The molecule has 1 heterocycles. The lowest BCUT2D eigenvalue weighted by Crippen LogP contribution is -2.47. The molecule has 3 aromatic carbocycles. The lowest BCUT2D eigenvalue weighted by molar-refractivity contribution is -0.120. The first-order valence-electron chi connectivity index (χ1n) is 15.6. The van der Waals surface area contributed by atoms with Crippen LogP contribution in [0.3, 0.4) is 0 Å². The second-order valence-corrected chi connectivity index (χ2v) is 12.2. The van der Waals surface area contributed by atoms with Gasteiger partial charge in [-0.1, -0.05) is 51.1 Å². The summed E-state index contributed by atoms with van der Waals surface area (Å²) in [5.41, 5.74) is 2.04. The van der Waals surface area contributed by atoms with Crippen molar-refractivity contribution in [2.45, 2.75) is 65.3 Å². The van der Waals surface area contributed by atoms with E-state index in [2.05, 4.69) is 5.32 Å². The van der Waals surface area contributed by atoms with Crippen molar-refractivity contribution in [2.24, 2.45) is 11.3 Å². The quantitative estimate of drug-likeness (QED) is 0.221. The number of carbonyl (C=O) groups is 4. The Labute approximate surface area is 258 Å². The first-order chi connectivity index (χ1) is 21.2. The highest BCUT2D eigenvalue weighted by atomic mass is 19.1. The van der Waals surface area contributed by atoms with Gasteiger partial charge >= 0.3 is 0 Å². The van der Waals surface area contributed by atoms with Crippen LogP contribution in [0.1, 0.15) is 89.5 Å². The van der Waals surface area contributed by atoms with Crippen molar-refractivity contribution in [3.05, 3.63) is 101 Å². The summed E-state index contributed by atoms with van der Waals surface area (Å²) in [5.74, 6) is -1.89. The Bertz CT molecular complexity index is 1530. The summed E-state index contributed by atoms with van der Waals surface area (Å²) in [4.78, 5) is 57.7. The summed E-state index contributed by atoms with van der Waals surface area (Å²) in [6.07, 6.45) is 4.15. The Morgan fingerprint density at radius 2 is 1.55 bits per heavy atom. The zero-order chi connectivity index (χ0) is 31.4. The Kier molecular flexibility index (Phi) is 9.28. The molecular weight excluding hydrogens is 557 g/mol. The van der Waals surface area contributed by atoms with Crippen LogP contribution in [0.4, 0.5) is 10.1 Å². The minimum absolute atomic E-state index is 0.143. The number of amides is 4. The molecule has 1 aliphatic carbocycles. The Hall–Kier alpha value is -4.33. The van der Waals surface area contributed by atoms with Crippen LogP contribution in [0.5, 0.6) is 0 Å². The normalized spacial score (nSPS) is 16.3. The average Bonchev–Trinajstić information content (AvgIpc) is 3.76. The van der Waals surface area contributed by atoms with Gasteiger partial charge in [-0.05, 0) is 92.0 Å². The monoisotopic (exact) mass is 597 g/mol. The number of anilines is 1. The third kappa shape index (κ3) is 6.44. The maximum absolute atomic E-state index is 14.1. The minimum atomic E-state index is -0.464. The van der Waals surface area contributed by atoms with Crippen molar-refractivity contribution in [3.63, 3.8) is 0 Å². The van der Waals surface area contributed by atoms with Gasteiger partial charge in [0.1, 0.15) is 5.82 Å². The molecule has 0 bridgehead atoms. The highest BCUT2D eigenvalue weighted by Gasteiger charge is 2.56. The number of nitrogens with zero attached hydrogens (tertiary/aromatic N) is 2. The van der Waals surface area contributed by atoms with Crippen LogP contribution in [0.2, 0.25) is 0 Å². The fourth-order valence-corrected chi connectivity index (χ4v) is 6.47. The number of halogens is 1. The average molecular weight is 598 g/mol. The molecule has 2 aliphatic rings. The van der Waals surface area contributed by atoms with Gasteiger partial charge in [0.25, 0.3) is 17.7 Å². The highest BCUT2D eigenvalue weighted by Crippen LogP contribution is 2.56. The third-order valence-electron chi connectivity index (χ3n) is 8.89. The van der Waals surface area contributed by atoms with Gasteiger partial charge in [0.2, 0.25) is 5.91 Å². The number of fused-ring (bicyclic) bond motifs is 1. The van der Waals surface area contributed by atoms with Gasteiger partial charge in [-0.3, -0.25) is 24.1 Å². The summed E-state index contributed by atoms with van der Waals surface area (Å²) in [7, 11) is 0. The lowest BCUT2D eigenvalue weighted by atomic mass is 9.82. The Morgan fingerprint density at radius 3 is 2.16 bits per heavy atom. The molecule has 0 spiro atoms. The molecule has 4 amide bonds. The van der Waals surface area contributed by atoms with E-state index >= 15 is 0 Å². The molecule has 2 atom stereocenters. The standard InChI is InChI=1S/C36H40FN3O4/c1-4-19-39(20-5-2)33(42)26-11-16-29-30(22-26)35(44)40(34(29)43)31(21-25-9-7-6-8-10-25)36(17-18-36)23-24(3)32(41)38-28-14-12-27(37)13-15-28/h6-16,22,24,31H,4-5,17-21,23H2,1-3H3,(H,38,41)/t24-,31+/m1/s1. The largest absolute Gasteiger partial charge is 0.339 e. The Morgan fingerprint density at radius 1 is 0.909 bits per heavy atom. The molecular formula is C36H40FN3O4. The first kappa shape index (κ1) is 31.1. The van der Waals surface area contributed by atoms with Crippen molar-refractivity contribution < 1.29 is 23.6 Å². The van der Waals surface area contributed by atoms with Crippen molar-refractivity contribution >= 4 is 29.3 Å². The number of carbonyl (C=O) groups excluding carboxylic acids is 4. The van der Waals surface area contributed by atoms with Crippen LogP contribution in [0.25, 0.3) is 0 Å².